The first kappa shape index (κ1) is 8.49. The fourth-order valence-corrected chi connectivity index (χ4v) is 1.58. The van der Waals surface area contributed by atoms with Crippen LogP contribution >= 0.6 is 11.3 Å². The Morgan fingerprint density at radius 2 is 2.55 bits per heavy atom. The van der Waals surface area contributed by atoms with Crippen LogP contribution in [0.15, 0.2) is 6.20 Å². The molecule has 0 saturated carbocycles. The standard InChI is InChI=1S/C7H12N2OS/c1-5(10-2)3-6-4-9-7(8)11-6/h4-5H,3H2,1-2H3,(H2,8,9). The van der Waals surface area contributed by atoms with Gasteiger partial charge < -0.3 is 10.5 Å². The van der Waals surface area contributed by atoms with Gasteiger partial charge in [-0.3, -0.25) is 0 Å². The highest BCUT2D eigenvalue weighted by Crippen LogP contribution is 2.16. The summed E-state index contributed by atoms with van der Waals surface area (Å²) in [5.74, 6) is 0. The third kappa shape index (κ3) is 2.48. The fourth-order valence-electron chi connectivity index (χ4n) is 0.784. The maximum atomic E-state index is 5.46. The Hall–Kier alpha value is -0.610. The summed E-state index contributed by atoms with van der Waals surface area (Å²) in [6.07, 6.45) is 2.94. The van der Waals surface area contributed by atoms with Crippen LogP contribution < -0.4 is 5.73 Å². The van der Waals surface area contributed by atoms with Crippen LogP contribution in [0.3, 0.4) is 0 Å². The zero-order chi connectivity index (χ0) is 8.27. The van der Waals surface area contributed by atoms with Gasteiger partial charge in [-0.25, -0.2) is 4.98 Å². The van der Waals surface area contributed by atoms with E-state index in [1.165, 1.54) is 16.2 Å². The molecule has 0 bridgehead atoms. The van der Waals surface area contributed by atoms with E-state index >= 15 is 0 Å². The first-order valence-corrected chi connectivity index (χ1v) is 4.27. The molecule has 1 aromatic rings. The summed E-state index contributed by atoms with van der Waals surface area (Å²) in [5, 5.41) is 0.628. The van der Waals surface area contributed by atoms with Crippen LogP contribution in [0.4, 0.5) is 5.13 Å². The zero-order valence-electron chi connectivity index (χ0n) is 6.70. The van der Waals surface area contributed by atoms with Gasteiger partial charge in [-0.15, -0.1) is 11.3 Å². The van der Waals surface area contributed by atoms with Crippen molar-refractivity contribution in [3.8, 4) is 0 Å². The van der Waals surface area contributed by atoms with E-state index in [1.807, 2.05) is 6.92 Å². The summed E-state index contributed by atoms with van der Waals surface area (Å²) >= 11 is 1.52. The molecule has 1 aromatic heterocycles. The lowest BCUT2D eigenvalue weighted by Crippen LogP contribution is -2.06. The number of methoxy groups -OCH3 is 1. The van der Waals surface area contributed by atoms with Crippen LogP contribution in [0.1, 0.15) is 11.8 Å². The molecule has 0 aromatic carbocycles. The third-order valence-electron chi connectivity index (χ3n) is 1.46. The van der Waals surface area contributed by atoms with Crippen LogP contribution in [0, 0.1) is 0 Å². The lowest BCUT2D eigenvalue weighted by atomic mass is 10.2. The van der Waals surface area contributed by atoms with Crippen molar-refractivity contribution in [3.63, 3.8) is 0 Å². The molecule has 4 heteroatoms. The average Bonchev–Trinajstić information content (AvgIpc) is 2.35. The van der Waals surface area contributed by atoms with E-state index in [2.05, 4.69) is 4.98 Å². The largest absolute Gasteiger partial charge is 0.381 e. The molecule has 0 aliphatic heterocycles. The highest BCUT2D eigenvalue weighted by molar-refractivity contribution is 7.15. The number of nitrogen functional groups attached to an aromatic ring is 1. The summed E-state index contributed by atoms with van der Waals surface area (Å²) in [6, 6.07) is 0. The minimum absolute atomic E-state index is 0.245. The van der Waals surface area contributed by atoms with E-state index in [4.69, 9.17) is 10.5 Å². The van der Waals surface area contributed by atoms with Crippen molar-refractivity contribution >= 4 is 16.5 Å². The molecule has 1 heterocycles. The molecular weight excluding hydrogens is 160 g/mol. The second kappa shape index (κ2) is 3.69. The van der Waals surface area contributed by atoms with Crippen LogP contribution in [-0.4, -0.2) is 18.2 Å². The van der Waals surface area contributed by atoms with Crippen molar-refractivity contribution in [2.75, 3.05) is 12.8 Å². The van der Waals surface area contributed by atoms with Gasteiger partial charge in [0.25, 0.3) is 0 Å². The lowest BCUT2D eigenvalue weighted by molar-refractivity contribution is 0.119. The molecule has 62 valence electrons. The van der Waals surface area contributed by atoms with Gasteiger partial charge >= 0.3 is 0 Å². The van der Waals surface area contributed by atoms with E-state index in [-0.39, 0.29) is 6.10 Å². The summed E-state index contributed by atoms with van der Waals surface area (Å²) in [6.45, 7) is 2.02. The molecule has 0 saturated heterocycles. The van der Waals surface area contributed by atoms with E-state index < -0.39 is 0 Å². The van der Waals surface area contributed by atoms with Gasteiger partial charge in [0.2, 0.25) is 0 Å². The van der Waals surface area contributed by atoms with Gasteiger partial charge in [0, 0.05) is 24.6 Å². The Kier molecular flexibility index (Phi) is 2.84. The Balaban J connectivity index is 2.50. The number of hydrogen-bond acceptors (Lipinski definition) is 4. The average molecular weight is 172 g/mol. The SMILES string of the molecule is COC(C)Cc1cnc(N)s1. The lowest BCUT2D eigenvalue weighted by Gasteiger charge is -2.05. The highest BCUT2D eigenvalue weighted by atomic mass is 32.1. The molecule has 0 radical (unpaired) electrons. The Labute approximate surface area is 70.2 Å². The first-order valence-electron chi connectivity index (χ1n) is 3.45. The first-order chi connectivity index (χ1) is 5.22. The Bertz CT molecular complexity index is 224. The molecule has 1 unspecified atom stereocenters. The molecule has 2 N–H and O–H groups in total. The number of thiazole rings is 1. The number of aromatic nitrogens is 1. The van der Waals surface area contributed by atoms with Crippen LogP contribution in [-0.2, 0) is 11.2 Å². The second-order valence-electron chi connectivity index (χ2n) is 2.42. The van der Waals surface area contributed by atoms with Gasteiger partial charge in [-0.2, -0.15) is 0 Å². The number of nitrogens with zero attached hydrogens (tertiary/aromatic N) is 1. The van der Waals surface area contributed by atoms with Gasteiger partial charge in [0.15, 0.2) is 5.13 Å². The molecule has 0 aliphatic rings. The van der Waals surface area contributed by atoms with E-state index in [1.54, 1.807) is 13.3 Å². The van der Waals surface area contributed by atoms with Gasteiger partial charge in [0.1, 0.15) is 0 Å². The normalized spacial score (nSPS) is 13.3. The van der Waals surface area contributed by atoms with Gasteiger partial charge in [-0.1, -0.05) is 0 Å². The number of nitrogens with two attached hydrogens (primary N) is 1. The van der Waals surface area contributed by atoms with E-state index in [9.17, 15) is 0 Å². The highest BCUT2D eigenvalue weighted by Gasteiger charge is 2.03. The van der Waals surface area contributed by atoms with Gasteiger partial charge in [-0.05, 0) is 6.92 Å². The van der Waals surface area contributed by atoms with Crippen molar-refractivity contribution in [1.29, 1.82) is 0 Å². The second-order valence-corrected chi connectivity index (χ2v) is 3.56. The monoisotopic (exact) mass is 172 g/mol. The molecule has 0 fully saturated rings. The Morgan fingerprint density at radius 1 is 1.82 bits per heavy atom. The zero-order valence-corrected chi connectivity index (χ0v) is 7.52. The summed E-state index contributed by atoms with van der Waals surface area (Å²) < 4.78 is 5.10. The summed E-state index contributed by atoms with van der Waals surface area (Å²) in [7, 11) is 1.70. The van der Waals surface area contributed by atoms with Crippen molar-refractivity contribution in [2.24, 2.45) is 0 Å². The predicted molar refractivity (Wildman–Crippen MR) is 46.7 cm³/mol. The minimum atomic E-state index is 0.245. The van der Waals surface area contributed by atoms with Crippen LogP contribution in [0.5, 0.6) is 0 Å². The molecular formula is C7H12N2OS. The maximum Gasteiger partial charge on any atom is 0.180 e. The van der Waals surface area contributed by atoms with Crippen molar-refractivity contribution in [1.82, 2.24) is 4.98 Å². The molecule has 11 heavy (non-hydrogen) atoms. The van der Waals surface area contributed by atoms with Crippen molar-refractivity contribution in [3.05, 3.63) is 11.1 Å². The predicted octanol–water partition coefficient (Wildman–Crippen LogP) is 1.30. The fraction of sp³-hybridized carbons (Fsp3) is 0.571. The quantitative estimate of drug-likeness (QED) is 0.747. The smallest absolute Gasteiger partial charge is 0.180 e. The van der Waals surface area contributed by atoms with Crippen LogP contribution in [0.2, 0.25) is 0 Å². The molecule has 0 spiro atoms. The minimum Gasteiger partial charge on any atom is -0.381 e. The summed E-state index contributed by atoms with van der Waals surface area (Å²) in [5.41, 5.74) is 5.46. The van der Waals surface area contributed by atoms with Crippen molar-refractivity contribution < 1.29 is 4.74 Å². The number of anilines is 1. The van der Waals surface area contributed by atoms with E-state index in [0.717, 1.165) is 6.42 Å². The van der Waals surface area contributed by atoms with Crippen molar-refractivity contribution in [2.45, 2.75) is 19.4 Å². The molecule has 1 atom stereocenters. The molecule has 0 amide bonds. The topological polar surface area (TPSA) is 48.1 Å². The third-order valence-corrected chi connectivity index (χ3v) is 2.31. The van der Waals surface area contributed by atoms with Gasteiger partial charge in [0.05, 0.1) is 6.10 Å². The number of rotatable bonds is 3. The van der Waals surface area contributed by atoms with Crippen LogP contribution in [0.25, 0.3) is 0 Å². The number of hydrogen-bond donors (Lipinski definition) is 1. The molecule has 0 aliphatic carbocycles. The molecule has 1 rings (SSSR count). The molecule has 3 nitrogen and oxygen atoms in total. The summed E-state index contributed by atoms with van der Waals surface area (Å²) in [4.78, 5) is 5.12. The van der Waals surface area contributed by atoms with E-state index in [0.29, 0.717) is 5.13 Å². The number of ether oxygens (including phenoxy) is 1. The Morgan fingerprint density at radius 3 is 3.00 bits per heavy atom. The maximum absolute atomic E-state index is 5.46.